The highest BCUT2D eigenvalue weighted by atomic mass is 16.5. The number of nitrogens with zero attached hydrogens (tertiary/aromatic N) is 1. The van der Waals surface area contributed by atoms with Crippen molar-refractivity contribution in [1.29, 1.82) is 0 Å². The number of anilines is 3. The number of hydrogen-bond donors (Lipinski definition) is 2. The number of hydrogen-bond acceptors (Lipinski definition) is 5. The molecule has 0 aliphatic rings. The zero-order valence-electron chi connectivity index (χ0n) is 15.4. The van der Waals surface area contributed by atoms with E-state index in [1.807, 2.05) is 49.4 Å². The summed E-state index contributed by atoms with van der Waals surface area (Å²) in [4.78, 5) is 16.6. The summed E-state index contributed by atoms with van der Waals surface area (Å²) < 4.78 is 10.5. The molecular formula is C21H21N3O3. The van der Waals surface area contributed by atoms with Crippen LogP contribution in [0.15, 0.2) is 60.8 Å². The summed E-state index contributed by atoms with van der Waals surface area (Å²) in [5.41, 5.74) is 3.26. The highest BCUT2D eigenvalue weighted by Crippen LogP contribution is 2.31. The molecule has 0 aliphatic heterocycles. The van der Waals surface area contributed by atoms with Crippen LogP contribution in [0, 0.1) is 6.92 Å². The predicted octanol–water partition coefficient (Wildman–Crippen LogP) is 4.40. The van der Waals surface area contributed by atoms with Gasteiger partial charge in [0.15, 0.2) is 11.5 Å². The maximum Gasteiger partial charge on any atom is 0.256 e. The third kappa shape index (κ3) is 4.55. The van der Waals surface area contributed by atoms with E-state index in [0.29, 0.717) is 22.9 Å². The lowest BCUT2D eigenvalue weighted by atomic mass is 10.1. The van der Waals surface area contributed by atoms with Crippen molar-refractivity contribution in [1.82, 2.24) is 4.98 Å². The second-order valence-electron chi connectivity index (χ2n) is 5.95. The lowest BCUT2D eigenvalue weighted by molar-refractivity contribution is 0.102. The normalized spacial score (nSPS) is 10.2. The van der Waals surface area contributed by atoms with E-state index in [2.05, 4.69) is 15.6 Å². The van der Waals surface area contributed by atoms with Crippen molar-refractivity contribution in [2.24, 2.45) is 0 Å². The SMILES string of the molecule is COc1ccc(Nc2ccc(NC(=O)c3cccc(C)c3)nc2)cc1OC. The standard InChI is InChI=1S/C21H21N3O3/c1-14-5-4-6-15(11-14)21(25)24-20-10-8-17(13-22-20)23-16-7-9-18(26-2)19(12-16)27-3/h4-13,23H,1-3H3,(H,22,24,25). The minimum absolute atomic E-state index is 0.188. The number of benzene rings is 2. The van der Waals surface area contributed by atoms with Crippen LogP contribution in [0.1, 0.15) is 15.9 Å². The fourth-order valence-electron chi connectivity index (χ4n) is 2.60. The Bertz CT molecular complexity index is 940. The van der Waals surface area contributed by atoms with Gasteiger partial charge in [0.05, 0.1) is 26.1 Å². The topological polar surface area (TPSA) is 72.5 Å². The Morgan fingerprint density at radius 2 is 1.70 bits per heavy atom. The molecule has 0 spiro atoms. The van der Waals surface area contributed by atoms with Gasteiger partial charge in [0.25, 0.3) is 5.91 Å². The molecule has 0 radical (unpaired) electrons. The Morgan fingerprint density at radius 1 is 0.926 bits per heavy atom. The largest absolute Gasteiger partial charge is 0.493 e. The van der Waals surface area contributed by atoms with Gasteiger partial charge in [-0.15, -0.1) is 0 Å². The summed E-state index contributed by atoms with van der Waals surface area (Å²) in [5.74, 6) is 1.60. The van der Waals surface area contributed by atoms with Crippen molar-refractivity contribution in [3.63, 3.8) is 0 Å². The summed E-state index contributed by atoms with van der Waals surface area (Å²) in [6.45, 7) is 1.95. The molecule has 27 heavy (non-hydrogen) atoms. The van der Waals surface area contributed by atoms with E-state index in [9.17, 15) is 4.79 Å². The Morgan fingerprint density at radius 3 is 2.37 bits per heavy atom. The first-order valence-corrected chi connectivity index (χ1v) is 8.42. The molecular weight excluding hydrogens is 342 g/mol. The van der Waals surface area contributed by atoms with Crippen molar-refractivity contribution in [3.8, 4) is 11.5 Å². The fourth-order valence-corrected chi connectivity index (χ4v) is 2.60. The predicted molar refractivity (Wildman–Crippen MR) is 106 cm³/mol. The fraction of sp³-hybridized carbons (Fsp3) is 0.143. The lowest BCUT2D eigenvalue weighted by Crippen LogP contribution is -2.13. The molecule has 0 aliphatic carbocycles. The van der Waals surface area contributed by atoms with Crippen molar-refractivity contribution < 1.29 is 14.3 Å². The third-order valence-electron chi connectivity index (χ3n) is 3.96. The van der Waals surface area contributed by atoms with Gasteiger partial charge in [-0.1, -0.05) is 17.7 Å². The van der Waals surface area contributed by atoms with Gasteiger partial charge in [-0.05, 0) is 43.3 Å². The summed E-state index contributed by atoms with van der Waals surface area (Å²) in [6, 6.07) is 16.5. The number of methoxy groups -OCH3 is 2. The Kier molecular flexibility index (Phi) is 5.56. The van der Waals surface area contributed by atoms with E-state index in [0.717, 1.165) is 16.9 Å². The molecule has 0 fully saturated rings. The van der Waals surface area contributed by atoms with Crippen LogP contribution in [-0.4, -0.2) is 25.1 Å². The van der Waals surface area contributed by atoms with E-state index >= 15 is 0 Å². The van der Waals surface area contributed by atoms with Gasteiger partial charge in [0.2, 0.25) is 0 Å². The van der Waals surface area contributed by atoms with E-state index < -0.39 is 0 Å². The van der Waals surface area contributed by atoms with E-state index in [4.69, 9.17) is 9.47 Å². The quantitative estimate of drug-likeness (QED) is 0.679. The number of carbonyl (C=O) groups excluding carboxylic acids is 1. The minimum Gasteiger partial charge on any atom is -0.493 e. The van der Waals surface area contributed by atoms with E-state index in [-0.39, 0.29) is 5.91 Å². The van der Waals surface area contributed by atoms with Gasteiger partial charge < -0.3 is 20.1 Å². The smallest absolute Gasteiger partial charge is 0.256 e. The molecule has 1 aromatic heterocycles. The number of amides is 1. The van der Waals surface area contributed by atoms with Gasteiger partial charge in [-0.3, -0.25) is 4.79 Å². The molecule has 0 bridgehead atoms. The van der Waals surface area contributed by atoms with Crippen LogP contribution >= 0.6 is 0 Å². The summed E-state index contributed by atoms with van der Waals surface area (Å²) in [5, 5.41) is 6.03. The van der Waals surface area contributed by atoms with E-state index in [1.165, 1.54) is 0 Å². The van der Waals surface area contributed by atoms with Gasteiger partial charge in [-0.2, -0.15) is 0 Å². The average molecular weight is 363 g/mol. The second kappa shape index (κ2) is 8.23. The molecule has 3 aromatic rings. The van der Waals surface area contributed by atoms with Crippen LogP contribution < -0.4 is 20.1 Å². The number of rotatable bonds is 6. The lowest BCUT2D eigenvalue weighted by Gasteiger charge is -2.11. The highest BCUT2D eigenvalue weighted by molar-refractivity contribution is 6.03. The maximum atomic E-state index is 12.3. The van der Waals surface area contributed by atoms with Crippen molar-refractivity contribution in [3.05, 3.63) is 71.9 Å². The molecule has 1 heterocycles. The van der Waals surface area contributed by atoms with Crippen molar-refractivity contribution >= 4 is 23.1 Å². The number of carbonyl (C=O) groups is 1. The number of ether oxygens (including phenoxy) is 2. The van der Waals surface area contributed by atoms with Crippen LogP contribution in [0.25, 0.3) is 0 Å². The Labute approximate surface area is 158 Å². The van der Waals surface area contributed by atoms with Crippen LogP contribution in [0.4, 0.5) is 17.2 Å². The molecule has 6 heteroatoms. The monoisotopic (exact) mass is 363 g/mol. The molecule has 138 valence electrons. The Hall–Kier alpha value is -3.54. The molecule has 0 saturated heterocycles. The number of nitrogens with one attached hydrogen (secondary N) is 2. The van der Waals surface area contributed by atoms with Crippen molar-refractivity contribution in [2.45, 2.75) is 6.92 Å². The molecule has 3 rings (SSSR count). The van der Waals surface area contributed by atoms with E-state index in [1.54, 1.807) is 32.5 Å². The first-order valence-electron chi connectivity index (χ1n) is 8.42. The Balaban J connectivity index is 1.67. The summed E-state index contributed by atoms with van der Waals surface area (Å²) in [7, 11) is 3.19. The van der Waals surface area contributed by atoms with Gasteiger partial charge >= 0.3 is 0 Å². The third-order valence-corrected chi connectivity index (χ3v) is 3.96. The molecule has 1 amide bonds. The van der Waals surface area contributed by atoms with Gasteiger partial charge in [-0.25, -0.2) is 4.98 Å². The molecule has 2 aromatic carbocycles. The van der Waals surface area contributed by atoms with Crippen LogP contribution in [-0.2, 0) is 0 Å². The zero-order valence-corrected chi connectivity index (χ0v) is 15.4. The van der Waals surface area contributed by atoms with Gasteiger partial charge in [0, 0.05) is 17.3 Å². The first kappa shape index (κ1) is 18.3. The summed E-state index contributed by atoms with van der Waals surface area (Å²) in [6.07, 6.45) is 1.66. The van der Waals surface area contributed by atoms with Crippen LogP contribution in [0.3, 0.4) is 0 Å². The molecule has 2 N–H and O–H groups in total. The van der Waals surface area contributed by atoms with Crippen LogP contribution in [0.2, 0.25) is 0 Å². The minimum atomic E-state index is -0.188. The molecule has 6 nitrogen and oxygen atoms in total. The number of aromatic nitrogens is 1. The number of pyridine rings is 1. The second-order valence-corrected chi connectivity index (χ2v) is 5.95. The zero-order chi connectivity index (χ0) is 19.2. The average Bonchev–Trinajstić information content (AvgIpc) is 2.69. The molecule has 0 atom stereocenters. The molecule has 0 unspecified atom stereocenters. The van der Waals surface area contributed by atoms with Gasteiger partial charge in [0.1, 0.15) is 5.82 Å². The highest BCUT2D eigenvalue weighted by Gasteiger charge is 2.08. The number of aryl methyl sites for hydroxylation is 1. The first-order chi connectivity index (χ1) is 13.1. The maximum absolute atomic E-state index is 12.3. The van der Waals surface area contributed by atoms with Crippen LogP contribution in [0.5, 0.6) is 11.5 Å². The summed E-state index contributed by atoms with van der Waals surface area (Å²) >= 11 is 0. The van der Waals surface area contributed by atoms with Crippen molar-refractivity contribution in [2.75, 3.05) is 24.9 Å². The molecule has 0 saturated carbocycles.